The third-order valence-corrected chi connectivity index (χ3v) is 12.5. The van der Waals surface area contributed by atoms with Gasteiger partial charge in [0.05, 0.1) is 0 Å². The van der Waals surface area contributed by atoms with Crippen LogP contribution >= 0.6 is 44.7 Å². The summed E-state index contributed by atoms with van der Waals surface area (Å²) in [6, 6.07) is 86.4. The topological polar surface area (TPSA) is 89.7 Å². The molecule has 0 aliphatic rings. The predicted octanol–water partition coefficient (Wildman–Crippen LogP) is 18.8. The summed E-state index contributed by atoms with van der Waals surface area (Å²) in [5, 5.41) is 0. The maximum atomic E-state index is 4.34. The van der Waals surface area contributed by atoms with Crippen LogP contribution in [0, 0.1) is 77.9 Å². The van der Waals surface area contributed by atoms with Gasteiger partial charge in [0.25, 0.3) is 0 Å². The summed E-state index contributed by atoms with van der Waals surface area (Å²) >= 11 is 10.0. The van der Waals surface area contributed by atoms with Crippen LogP contribution in [-0.4, -0.2) is 37.5 Å². The molecule has 5 radical (unpaired) electrons. The van der Waals surface area contributed by atoms with Gasteiger partial charge < -0.3 is 29.9 Å². The largest absolute Gasteiger partial charge is 0 e. The Morgan fingerprint density at radius 1 is 0.299 bits per heavy atom. The van der Waals surface area contributed by atoms with E-state index in [9.17, 15) is 0 Å². The fourth-order valence-corrected chi connectivity index (χ4v) is 7.87. The van der Waals surface area contributed by atoms with Crippen molar-refractivity contribution in [3.05, 3.63) is 322 Å². The van der Waals surface area contributed by atoms with Crippen LogP contribution in [0.3, 0.4) is 0 Å². The molecular weight excluding hydrogens is 1930 g/mol. The minimum Gasteiger partial charge on any atom is 0 e. The van der Waals surface area contributed by atoms with Gasteiger partial charge in [-0.2, -0.15) is 0 Å². The maximum absolute atomic E-state index is 4.34. The van der Waals surface area contributed by atoms with Gasteiger partial charge in [-0.25, -0.2) is 0 Å². The molecule has 0 unspecified atom stereocenters. The third-order valence-electron chi connectivity index (χ3n) is 11.5. The molecule has 0 amide bonds. The van der Waals surface area contributed by atoms with Crippen molar-refractivity contribution in [3.8, 4) is 67.5 Å². The summed E-state index contributed by atoms with van der Waals surface area (Å²) in [4.78, 5) is 25.9. The summed E-state index contributed by atoms with van der Waals surface area (Å²) in [6.07, 6.45) is 11.2. The van der Waals surface area contributed by atoms with E-state index in [0.29, 0.717) is 0 Å². The molecule has 0 saturated carbocycles. The Labute approximate surface area is 592 Å². The van der Waals surface area contributed by atoms with Gasteiger partial charge >= 0.3 is 24.8 Å². The molecule has 0 saturated heterocycles. The molecule has 87 heavy (non-hydrogen) atoms. The van der Waals surface area contributed by atoms with E-state index in [0.717, 1.165) is 76.5 Å². The van der Waals surface area contributed by atoms with E-state index < -0.39 is 0 Å². The summed E-state index contributed by atoms with van der Waals surface area (Å²) in [5.74, 6) is 0. The van der Waals surface area contributed by atoms with Crippen molar-refractivity contribution in [3.63, 3.8) is 0 Å². The Kier molecular flexibility index (Phi) is 38.6. The average Bonchev–Trinajstić information content (AvgIpc) is 3.56. The third kappa shape index (κ3) is 28.8. The molecule has 0 spiro atoms. The molecule has 0 aliphatic carbocycles. The van der Waals surface area contributed by atoms with Gasteiger partial charge in [0, 0.05) is 118 Å². The molecule has 7 nitrogen and oxygen atoms in total. The normalized spacial score (nSPS) is 9.33. The predicted molar refractivity (Wildman–Crippen MR) is 352 cm³/mol. The van der Waals surface area contributed by atoms with Crippen molar-refractivity contribution in [2.75, 3.05) is 0 Å². The van der Waals surface area contributed by atoms with Crippen LogP contribution < -0.4 is 0 Å². The van der Waals surface area contributed by atoms with Crippen LogP contribution in [0.5, 0.6) is 0 Å². The van der Waals surface area contributed by atoms with Crippen molar-refractivity contribution in [2.45, 2.75) is 41.5 Å². The minimum atomic E-state index is 0. The number of aromatic nitrogens is 6. The van der Waals surface area contributed by atoms with Crippen LogP contribution in [0.15, 0.2) is 257 Å². The molecule has 0 N–H and O–H groups in total. The van der Waals surface area contributed by atoms with Crippen LogP contribution in [0.4, 0.5) is 0 Å². The average molecular weight is 1990 g/mol. The maximum Gasteiger partial charge on any atom is 0 e. The summed E-state index contributed by atoms with van der Waals surface area (Å²) in [5.41, 5.74) is 19.1. The zero-order valence-electron chi connectivity index (χ0n) is 48.3. The van der Waals surface area contributed by atoms with E-state index >= 15 is 0 Å². The second kappa shape index (κ2) is 43.6. The molecule has 12 rings (SSSR count). The van der Waals surface area contributed by atoms with Gasteiger partial charge in [-0.05, 0) is 109 Å². The Bertz CT molecular complexity index is 3350. The van der Waals surface area contributed by atoms with E-state index in [2.05, 4.69) is 159 Å². The van der Waals surface area contributed by atoms with E-state index in [-0.39, 0.29) is 80.4 Å². The van der Waals surface area contributed by atoms with Crippen LogP contribution in [-0.2, 0) is 80.4 Å². The molecule has 0 aliphatic heterocycles. The molecule has 6 heterocycles. The zero-order valence-corrected chi connectivity index (χ0v) is 62.0. The molecule has 6 aromatic heterocycles. The minimum absolute atomic E-state index is 0. The number of aryl methyl sites for hydroxylation is 6. The molecular formula is C72H59BBr2Ir4N7S-6. The van der Waals surface area contributed by atoms with Crippen molar-refractivity contribution in [1.29, 1.82) is 0 Å². The fourth-order valence-electron chi connectivity index (χ4n) is 7.15. The van der Waals surface area contributed by atoms with E-state index in [4.69, 9.17) is 0 Å². The van der Waals surface area contributed by atoms with Crippen LogP contribution in [0.1, 0.15) is 33.4 Å². The molecule has 15 heteroatoms. The first kappa shape index (κ1) is 77.1. The first-order valence-corrected chi connectivity index (χ1v) is 28.2. The molecule has 0 bridgehead atoms. The Morgan fingerprint density at radius 2 is 0.494 bits per heavy atom. The van der Waals surface area contributed by atoms with Crippen LogP contribution in [0.25, 0.3) is 67.5 Å². The standard InChI is InChI=1S/2C12H9BrN.4C12H10N.BHNS.4Ir/c2*1-9-5-6-12(14-8-9)10-3-2-4-11(13)7-10;4*1-10-7-8-12(13-9-10)11-5-3-2-4-6-11;1-2-3;;;;/h2*2,4-8H,1H3;4*2-5,7-9H,1H3;3H;;;;/q6*-1;;;;;. The number of benzene rings is 6. The smallest absolute Gasteiger partial charge is 0 e. The number of nitrogens with zero attached hydrogens (tertiary/aromatic N) is 7. The van der Waals surface area contributed by atoms with E-state index in [1.54, 1.807) is 0 Å². The molecule has 0 atom stereocenters. The molecule has 447 valence electrons. The fraction of sp³-hybridized carbons (Fsp3) is 0.0833. The van der Waals surface area contributed by atoms with E-state index in [1.165, 1.54) is 33.4 Å². The van der Waals surface area contributed by atoms with Crippen molar-refractivity contribution >= 4 is 52.3 Å². The van der Waals surface area contributed by atoms with Gasteiger partial charge in [0.15, 0.2) is 0 Å². The van der Waals surface area contributed by atoms with Gasteiger partial charge in [0.2, 0.25) is 0 Å². The SMILES string of the molecule is Cc1ccc(-c2[c-]ccc(Br)c2)nc1.Cc1ccc(-c2[c-]ccc(Br)c2)nc1.Cc1ccc(-c2[c-]cccc2)nc1.Cc1ccc(-c2[c-]cccc2)nc1.Cc1ccc(-c2[c-]cccc2)nc1.Cc1ccc(-c2[c-]cccc2)nc1.[B]=NS.[Ir].[Ir].[Ir].[Ir]. The number of halogens is 2. The second-order valence-electron chi connectivity index (χ2n) is 18.4. The van der Waals surface area contributed by atoms with Crippen molar-refractivity contribution in [1.82, 2.24) is 29.9 Å². The Morgan fingerprint density at radius 3 is 0.655 bits per heavy atom. The molecule has 6 aromatic carbocycles. The monoisotopic (exact) mass is 1990 g/mol. The quantitative estimate of drug-likeness (QED) is 0.101. The number of hydrogen-bond acceptors (Lipinski definition) is 8. The van der Waals surface area contributed by atoms with Crippen molar-refractivity contribution < 1.29 is 80.4 Å². The Hall–Kier alpha value is -6.01. The van der Waals surface area contributed by atoms with Crippen molar-refractivity contribution in [2.24, 2.45) is 4.30 Å². The second-order valence-corrected chi connectivity index (χ2v) is 20.4. The van der Waals surface area contributed by atoms with Gasteiger partial charge in [-0.15, -0.1) is 203 Å². The van der Waals surface area contributed by atoms with E-state index in [1.807, 2.05) is 249 Å². The number of hydrogen-bond donors (Lipinski definition) is 1. The van der Waals surface area contributed by atoms with Gasteiger partial charge in [-0.3, -0.25) is 0 Å². The van der Waals surface area contributed by atoms with Gasteiger partial charge in [0.1, 0.15) is 0 Å². The molecule has 12 aromatic rings. The number of pyridine rings is 6. The molecule has 0 fully saturated rings. The first-order valence-electron chi connectivity index (χ1n) is 26.2. The van der Waals surface area contributed by atoms with Crippen LogP contribution in [0.2, 0.25) is 0 Å². The number of rotatable bonds is 6. The number of thiol groups is 1. The summed E-state index contributed by atoms with van der Waals surface area (Å²) in [7, 11) is 4.34. The Balaban J connectivity index is 0.000000350. The summed E-state index contributed by atoms with van der Waals surface area (Å²) < 4.78 is 4.79. The zero-order chi connectivity index (χ0) is 59.0. The summed E-state index contributed by atoms with van der Waals surface area (Å²) in [6.45, 7) is 12.2. The van der Waals surface area contributed by atoms with Gasteiger partial charge in [-0.1, -0.05) is 114 Å². The first-order chi connectivity index (χ1) is 40.4.